The number of ketones is 1. The van der Waals surface area contributed by atoms with Crippen molar-refractivity contribution >= 4 is 17.4 Å². The lowest BCUT2D eigenvalue weighted by atomic mass is 9.93. The van der Waals surface area contributed by atoms with Gasteiger partial charge in [-0.1, -0.05) is 6.07 Å². The normalized spacial score (nSPS) is 15.0. The van der Waals surface area contributed by atoms with Gasteiger partial charge < -0.3 is 14.8 Å². The summed E-state index contributed by atoms with van der Waals surface area (Å²) in [4.78, 5) is 24.4. The maximum absolute atomic E-state index is 12.3. The number of carbonyl (C=O) groups is 2. The first-order chi connectivity index (χ1) is 12.2. The topological polar surface area (TPSA) is 64.6 Å². The van der Waals surface area contributed by atoms with E-state index >= 15 is 0 Å². The molecule has 1 aliphatic heterocycles. The van der Waals surface area contributed by atoms with Crippen molar-refractivity contribution < 1.29 is 19.1 Å². The fourth-order valence-electron chi connectivity index (χ4n) is 2.88. The predicted octanol–water partition coefficient (Wildman–Crippen LogP) is 4.06. The lowest BCUT2D eigenvalue weighted by molar-refractivity contribution is -0.118. The molecule has 0 aliphatic carbocycles. The first kappa shape index (κ1) is 18.0. The van der Waals surface area contributed by atoms with Crippen molar-refractivity contribution in [3.8, 4) is 11.5 Å². The zero-order valence-corrected chi connectivity index (χ0v) is 15.5. The number of hydrogen-bond donors (Lipinski definition) is 1. The Labute approximate surface area is 153 Å². The number of anilines is 1. The van der Waals surface area contributed by atoms with E-state index in [1.807, 2.05) is 45.9 Å². The summed E-state index contributed by atoms with van der Waals surface area (Å²) in [7, 11) is 0. The molecule has 2 aromatic rings. The number of hydrogen-bond acceptors (Lipinski definition) is 4. The van der Waals surface area contributed by atoms with E-state index in [4.69, 9.17) is 9.47 Å². The average Bonchev–Trinajstić information content (AvgIpc) is 2.56. The third kappa shape index (κ3) is 4.04. The van der Waals surface area contributed by atoms with Gasteiger partial charge in [-0.2, -0.15) is 0 Å². The summed E-state index contributed by atoms with van der Waals surface area (Å²) in [6, 6.07) is 10.8. The van der Waals surface area contributed by atoms with E-state index in [1.54, 1.807) is 18.2 Å². The van der Waals surface area contributed by atoms with E-state index < -0.39 is 5.60 Å². The molecule has 0 atom stereocenters. The SMILES string of the molecule is Cc1ccc(OCC(=O)Nc2ccc3c(c2)C(=O)CC(C)(C)O3)cc1C. The van der Waals surface area contributed by atoms with Crippen molar-refractivity contribution in [2.24, 2.45) is 0 Å². The van der Waals surface area contributed by atoms with Crippen LogP contribution in [0.3, 0.4) is 0 Å². The molecule has 0 spiro atoms. The number of nitrogens with one attached hydrogen (secondary N) is 1. The largest absolute Gasteiger partial charge is 0.487 e. The van der Waals surface area contributed by atoms with Crippen LogP contribution in [0.4, 0.5) is 5.69 Å². The molecular formula is C21H23NO4. The van der Waals surface area contributed by atoms with Gasteiger partial charge in [0, 0.05) is 5.69 Å². The zero-order valence-electron chi connectivity index (χ0n) is 15.5. The predicted molar refractivity (Wildman–Crippen MR) is 100 cm³/mol. The Bertz CT molecular complexity index is 870. The molecule has 5 heteroatoms. The third-order valence-electron chi connectivity index (χ3n) is 4.38. The highest BCUT2D eigenvalue weighted by Gasteiger charge is 2.32. The maximum Gasteiger partial charge on any atom is 0.262 e. The molecule has 26 heavy (non-hydrogen) atoms. The van der Waals surface area contributed by atoms with Gasteiger partial charge in [-0.3, -0.25) is 9.59 Å². The number of fused-ring (bicyclic) bond motifs is 1. The van der Waals surface area contributed by atoms with Crippen LogP contribution >= 0.6 is 0 Å². The van der Waals surface area contributed by atoms with Crippen LogP contribution in [0.25, 0.3) is 0 Å². The maximum atomic E-state index is 12.3. The van der Waals surface area contributed by atoms with E-state index in [0.29, 0.717) is 29.2 Å². The van der Waals surface area contributed by atoms with Crippen molar-refractivity contribution in [2.75, 3.05) is 11.9 Å². The van der Waals surface area contributed by atoms with Crippen LogP contribution in [0.15, 0.2) is 36.4 Å². The lowest BCUT2D eigenvalue weighted by Gasteiger charge is -2.31. The number of aryl methyl sites for hydroxylation is 2. The van der Waals surface area contributed by atoms with Gasteiger partial charge in [0.05, 0.1) is 12.0 Å². The molecule has 1 amide bonds. The number of Topliss-reactive ketones (excluding diaryl/α,β-unsaturated/α-hetero) is 1. The van der Waals surface area contributed by atoms with Crippen LogP contribution in [0.1, 0.15) is 41.8 Å². The van der Waals surface area contributed by atoms with Gasteiger partial charge in [0.15, 0.2) is 12.4 Å². The van der Waals surface area contributed by atoms with Crippen LogP contribution in [0.2, 0.25) is 0 Å². The highest BCUT2D eigenvalue weighted by Crippen LogP contribution is 2.34. The summed E-state index contributed by atoms with van der Waals surface area (Å²) < 4.78 is 11.4. The summed E-state index contributed by atoms with van der Waals surface area (Å²) >= 11 is 0. The third-order valence-corrected chi connectivity index (χ3v) is 4.38. The quantitative estimate of drug-likeness (QED) is 0.900. The van der Waals surface area contributed by atoms with Gasteiger partial charge >= 0.3 is 0 Å². The number of rotatable bonds is 4. The highest BCUT2D eigenvalue weighted by atomic mass is 16.5. The van der Waals surface area contributed by atoms with Crippen molar-refractivity contribution in [1.29, 1.82) is 0 Å². The molecule has 0 saturated heterocycles. The van der Waals surface area contributed by atoms with E-state index in [9.17, 15) is 9.59 Å². The number of ether oxygens (including phenoxy) is 2. The minimum absolute atomic E-state index is 0.0127. The summed E-state index contributed by atoms with van der Waals surface area (Å²) in [6.45, 7) is 7.68. The van der Waals surface area contributed by atoms with E-state index in [-0.39, 0.29) is 18.3 Å². The van der Waals surface area contributed by atoms with Gasteiger partial charge in [-0.05, 0) is 69.2 Å². The Hall–Kier alpha value is -2.82. The van der Waals surface area contributed by atoms with Crippen LogP contribution in [0.5, 0.6) is 11.5 Å². The number of benzene rings is 2. The zero-order chi connectivity index (χ0) is 18.9. The summed E-state index contributed by atoms with van der Waals surface area (Å²) in [5.41, 5.74) is 2.82. The van der Waals surface area contributed by atoms with Gasteiger partial charge in [0.1, 0.15) is 17.1 Å². The second-order valence-corrected chi connectivity index (χ2v) is 7.26. The Balaban J connectivity index is 1.64. The molecular weight excluding hydrogens is 330 g/mol. The van der Waals surface area contributed by atoms with Crippen LogP contribution in [-0.4, -0.2) is 23.9 Å². The lowest BCUT2D eigenvalue weighted by Crippen LogP contribution is -2.35. The first-order valence-electron chi connectivity index (χ1n) is 8.60. The Morgan fingerprint density at radius 1 is 1.15 bits per heavy atom. The second-order valence-electron chi connectivity index (χ2n) is 7.26. The molecule has 136 valence electrons. The smallest absolute Gasteiger partial charge is 0.262 e. The monoisotopic (exact) mass is 353 g/mol. The van der Waals surface area contributed by atoms with Crippen molar-refractivity contribution in [1.82, 2.24) is 0 Å². The second kappa shape index (κ2) is 6.83. The minimum atomic E-state index is -0.505. The molecule has 3 rings (SSSR count). The van der Waals surface area contributed by atoms with Crippen LogP contribution in [0, 0.1) is 13.8 Å². The van der Waals surface area contributed by atoms with Crippen molar-refractivity contribution in [3.05, 3.63) is 53.1 Å². The molecule has 0 aromatic heterocycles. The molecule has 5 nitrogen and oxygen atoms in total. The molecule has 0 unspecified atom stereocenters. The Morgan fingerprint density at radius 3 is 2.65 bits per heavy atom. The van der Waals surface area contributed by atoms with Crippen molar-refractivity contribution in [2.45, 2.75) is 39.7 Å². The van der Waals surface area contributed by atoms with E-state index in [1.165, 1.54) is 5.56 Å². The molecule has 0 radical (unpaired) electrons. The average molecular weight is 353 g/mol. The van der Waals surface area contributed by atoms with Crippen LogP contribution < -0.4 is 14.8 Å². The van der Waals surface area contributed by atoms with Gasteiger partial charge in [0.2, 0.25) is 0 Å². The van der Waals surface area contributed by atoms with Gasteiger partial charge in [-0.15, -0.1) is 0 Å². The summed E-state index contributed by atoms with van der Waals surface area (Å²) in [5.74, 6) is 0.932. The van der Waals surface area contributed by atoms with Crippen LogP contribution in [-0.2, 0) is 4.79 Å². The number of carbonyl (C=O) groups excluding carboxylic acids is 2. The highest BCUT2D eigenvalue weighted by molar-refractivity contribution is 6.02. The van der Waals surface area contributed by atoms with E-state index in [0.717, 1.165) is 5.56 Å². The van der Waals surface area contributed by atoms with Gasteiger partial charge in [-0.25, -0.2) is 0 Å². The molecule has 0 saturated carbocycles. The standard InChI is InChI=1S/C21H23NO4/c1-13-5-7-16(9-14(13)2)25-12-20(24)22-15-6-8-19-17(10-15)18(23)11-21(3,4)26-19/h5-10H,11-12H2,1-4H3,(H,22,24). The Morgan fingerprint density at radius 2 is 1.92 bits per heavy atom. The fraction of sp³-hybridized carbons (Fsp3) is 0.333. The van der Waals surface area contributed by atoms with Crippen molar-refractivity contribution in [3.63, 3.8) is 0 Å². The molecule has 2 aromatic carbocycles. The molecule has 0 fully saturated rings. The minimum Gasteiger partial charge on any atom is -0.487 e. The number of amides is 1. The molecule has 1 heterocycles. The molecule has 1 N–H and O–H groups in total. The summed E-state index contributed by atoms with van der Waals surface area (Å²) in [6.07, 6.45) is 0.313. The Kier molecular flexibility index (Phi) is 4.72. The molecule has 0 bridgehead atoms. The molecule has 1 aliphatic rings. The fourth-order valence-corrected chi connectivity index (χ4v) is 2.88. The first-order valence-corrected chi connectivity index (χ1v) is 8.60. The van der Waals surface area contributed by atoms with Gasteiger partial charge in [0.25, 0.3) is 5.91 Å². The summed E-state index contributed by atoms with van der Waals surface area (Å²) in [5, 5.41) is 2.76. The van der Waals surface area contributed by atoms with E-state index in [2.05, 4.69) is 5.32 Å².